The Hall–Kier alpha value is -1.43. The summed E-state index contributed by atoms with van der Waals surface area (Å²) in [7, 11) is 0. The minimum absolute atomic E-state index is 0. The Morgan fingerprint density at radius 1 is 1.35 bits per heavy atom. The molecule has 6 heteroatoms. The molecule has 1 aromatic carbocycles. The van der Waals surface area contributed by atoms with Crippen LogP contribution in [0.5, 0.6) is 0 Å². The lowest BCUT2D eigenvalue weighted by Gasteiger charge is -2.36. The minimum atomic E-state index is -0.415. The molecule has 0 aliphatic heterocycles. The highest BCUT2D eigenvalue weighted by molar-refractivity contribution is 7.14. The number of amides is 1. The molecule has 0 spiro atoms. The Morgan fingerprint density at radius 3 is 2.78 bits per heavy atom. The van der Waals surface area contributed by atoms with Gasteiger partial charge in [-0.05, 0) is 19.8 Å². The number of carbonyl (C=O) groups excluding carboxylic acids is 1. The summed E-state index contributed by atoms with van der Waals surface area (Å²) >= 11 is 1.45. The normalized spacial score (nSPS) is 23.8. The molecule has 1 aliphatic carbocycles. The standard InChI is InChI=1S/C17H21N3OS.ClH/c1-17(18)10-6-5-9-13(17)15(21)20-16-19-14(11-22-16)12-7-3-2-4-8-12;/h2-4,7-8,11,13H,5-6,9-10,18H2,1H3,(H,19,20,21);1H. The molecule has 2 unspecified atom stereocenters. The number of nitrogens with one attached hydrogen (secondary N) is 1. The third-order valence-electron chi connectivity index (χ3n) is 4.37. The first-order chi connectivity index (χ1) is 10.6. The summed E-state index contributed by atoms with van der Waals surface area (Å²) in [5.74, 6) is -0.135. The number of halogens is 1. The molecule has 3 N–H and O–H groups in total. The number of benzene rings is 1. The van der Waals surface area contributed by atoms with Gasteiger partial charge in [0.05, 0.1) is 11.6 Å². The van der Waals surface area contributed by atoms with Gasteiger partial charge in [0.1, 0.15) is 0 Å². The van der Waals surface area contributed by atoms with E-state index in [1.54, 1.807) is 0 Å². The second-order valence-corrected chi connectivity index (χ2v) is 7.06. The number of thiazole rings is 1. The number of carbonyl (C=O) groups is 1. The van der Waals surface area contributed by atoms with E-state index in [0.29, 0.717) is 5.13 Å². The van der Waals surface area contributed by atoms with Gasteiger partial charge >= 0.3 is 0 Å². The highest BCUT2D eigenvalue weighted by atomic mass is 35.5. The molecule has 1 aromatic heterocycles. The van der Waals surface area contributed by atoms with Crippen molar-refractivity contribution in [3.05, 3.63) is 35.7 Å². The summed E-state index contributed by atoms with van der Waals surface area (Å²) in [6.45, 7) is 1.98. The topological polar surface area (TPSA) is 68.0 Å². The van der Waals surface area contributed by atoms with E-state index in [1.165, 1.54) is 11.3 Å². The molecule has 1 amide bonds. The quantitative estimate of drug-likeness (QED) is 0.875. The average molecular weight is 352 g/mol. The van der Waals surface area contributed by atoms with E-state index in [9.17, 15) is 4.79 Å². The highest BCUT2D eigenvalue weighted by Crippen LogP contribution is 2.33. The zero-order valence-electron chi connectivity index (χ0n) is 13.1. The van der Waals surface area contributed by atoms with Crippen LogP contribution in [-0.2, 0) is 4.79 Å². The van der Waals surface area contributed by atoms with Gasteiger partial charge in [0.25, 0.3) is 0 Å². The number of hydrogen-bond acceptors (Lipinski definition) is 4. The largest absolute Gasteiger partial charge is 0.325 e. The van der Waals surface area contributed by atoms with Gasteiger partial charge in [0, 0.05) is 16.5 Å². The molecule has 1 aliphatic rings. The monoisotopic (exact) mass is 351 g/mol. The first-order valence-corrected chi connectivity index (χ1v) is 8.55. The van der Waals surface area contributed by atoms with Crippen LogP contribution < -0.4 is 11.1 Å². The van der Waals surface area contributed by atoms with Crippen LogP contribution in [-0.4, -0.2) is 16.4 Å². The van der Waals surface area contributed by atoms with Crippen molar-refractivity contribution >= 4 is 34.8 Å². The van der Waals surface area contributed by atoms with Crippen LogP contribution in [0, 0.1) is 5.92 Å². The number of nitrogens with two attached hydrogens (primary N) is 1. The lowest BCUT2D eigenvalue weighted by Crippen LogP contribution is -2.51. The van der Waals surface area contributed by atoms with Gasteiger partial charge in [-0.25, -0.2) is 4.98 Å². The number of rotatable bonds is 3. The van der Waals surface area contributed by atoms with E-state index < -0.39 is 5.54 Å². The predicted octanol–water partition coefficient (Wildman–Crippen LogP) is 4.08. The lowest BCUT2D eigenvalue weighted by atomic mass is 9.74. The Labute approximate surface area is 146 Å². The van der Waals surface area contributed by atoms with Gasteiger partial charge in [-0.1, -0.05) is 43.2 Å². The van der Waals surface area contributed by atoms with Gasteiger partial charge in [0.2, 0.25) is 5.91 Å². The molecule has 3 rings (SSSR count). The van der Waals surface area contributed by atoms with E-state index >= 15 is 0 Å². The number of nitrogens with zero attached hydrogens (tertiary/aromatic N) is 1. The zero-order chi connectivity index (χ0) is 15.6. The molecule has 1 heterocycles. The van der Waals surface area contributed by atoms with E-state index in [1.807, 2.05) is 42.6 Å². The van der Waals surface area contributed by atoms with Crippen LogP contribution in [0.4, 0.5) is 5.13 Å². The molecule has 1 fully saturated rings. The van der Waals surface area contributed by atoms with Crippen LogP contribution in [0.1, 0.15) is 32.6 Å². The third kappa shape index (κ3) is 4.10. The van der Waals surface area contributed by atoms with Gasteiger partial charge < -0.3 is 11.1 Å². The Bertz CT molecular complexity index is 657. The van der Waals surface area contributed by atoms with Crippen molar-refractivity contribution in [1.82, 2.24) is 4.98 Å². The Balaban J connectivity index is 0.00000192. The fraction of sp³-hybridized carbons (Fsp3) is 0.412. The molecule has 0 radical (unpaired) electrons. The molecular weight excluding hydrogens is 330 g/mol. The summed E-state index contributed by atoms with van der Waals surface area (Å²) < 4.78 is 0. The molecule has 1 saturated carbocycles. The smallest absolute Gasteiger partial charge is 0.231 e. The summed E-state index contributed by atoms with van der Waals surface area (Å²) in [6.07, 6.45) is 3.93. The van der Waals surface area contributed by atoms with Crippen LogP contribution in [0.15, 0.2) is 35.7 Å². The van der Waals surface area contributed by atoms with Crippen molar-refractivity contribution < 1.29 is 4.79 Å². The summed E-state index contributed by atoms with van der Waals surface area (Å²) in [6, 6.07) is 9.96. The molecule has 0 saturated heterocycles. The number of hydrogen-bond donors (Lipinski definition) is 2. The fourth-order valence-electron chi connectivity index (χ4n) is 3.05. The maximum absolute atomic E-state index is 12.5. The highest BCUT2D eigenvalue weighted by Gasteiger charge is 2.38. The molecule has 2 aromatic rings. The molecule has 2 atom stereocenters. The zero-order valence-corrected chi connectivity index (χ0v) is 14.8. The summed E-state index contributed by atoms with van der Waals surface area (Å²) in [4.78, 5) is 17.0. The maximum Gasteiger partial charge on any atom is 0.231 e. The van der Waals surface area contributed by atoms with Crippen LogP contribution >= 0.6 is 23.7 Å². The molecule has 124 valence electrons. The van der Waals surface area contributed by atoms with E-state index in [-0.39, 0.29) is 24.2 Å². The van der Waals surface area contributed by atoms with Crippen molar-refractivity contribution in [2.45, 2.75) is 38.1 Å². The second kappa shape index (κ2) is 7.43. The fourth-order valence-corrected chi connectivity index (χ4v) is 3.78. The molecule has 4 nitrogen and oxygen atoms in total. The average Bonchev–Trinajstić information content (AvgIpc) is 2.96. The van der Waals surface area contributed by atoms with E-state index in [4.69, 9.17) is 5.73 Å². The van der Waals surface area contributed by atoms with Crippen LogP contribution in [0.25, 0.3) is 11.3 Å². The van der Waals surface area contributed by atoms with Crippen molar-refractivity contribution in [1.29, 1.82) is 0 Å². The number of anilines is 1. The minimum Gasteiger partial charge on any atom is -0.325 e. The van der Waals surface area contributed by atoms with E-state index in [0.717, 1.165) is 36.9 Å². The number of aromatic nitrogens is 1. The summed E-state index contributed by atoms with van der Waals surface area (Å²) in [5.41, 5.74) is 7.83. The predicted molar refractivity (Wildman–Crippen MR) is 98.0 cm³/mol. The van der Waals surface area contributed by atoms with E-state index in [2.05, 4.69) is 10.3 Å². The first-order valence-electron chi connectivity index (χ1n) is 7.67. The molecule has 0 bridgehead atoms. The lowest BCUT2D eigenvalue weighted by molar-refractivity contribution is -0.122. The third-order valence-corrected chi connectivity index (χ3v) is 5.13. The van der Waals surface area contributed by atoms with Gasteiger partial charge in [-0.3, -0.25) is 4.79 Å². The SMILES string of the molecule is CC1(N)CCCCC1C(=O)Nc1nc(-c2ccccc2)cs1.Cl. The van der Waals surface area contributed by atoms with Crippen molar-refractivity contribution in [2.24, 2.45) is 11.7 Å². The molecular formula is C17H22ClN3OS. The van der Waals surface area contributed by atoms with Gasteiger partial charge in [-0.2, -0.15) is 0 Å². The summed E-state index contributed by atoms with van der Waals surface area (Å²) in [5, 5.41) is 5.56. The van der Waals surface area contributed by atoms with Crippen molar-refractivity contribution in [2.75, 3.05) is 5.32 Å². The second-order valence-electron chi connectivity index (χ2n) is 6.20. The van der Waals surface area contributed by atoms with Crippen LogP contribution in [0.3, 0.4) is 0 Å². The molecule has 23 heavy (non-hydrogen) atoms. The van der Waals surface area contributed by atoms with Crippen molar-refractivity contribution in [3.8, 4) is 11.3 Å². The Morgan fingerprint density at radius 2 is 2.09 bits per heavy atom. The van der Waals surface area contributed by atoms with Crippen molar-refractivity contribution in [3.63, 3.8) is 0 Å². The maximum atomic E-state index is 12.5. The van der Waals surface area contributed by atoms with Gasteiger partial charge in [-0.15, -0.1) is 23.7 Å². The van der Waals surface area contributed by atoms with Gasteiger partial charge in [0.15, 0.2) is 5.13 Å². The first kappa shape index (κ1) is 17.9. The van der Waals surface area contributed by atoms with Crippen LogP contribution in [0.2, 0.25) is 0 Å². The Kier molecular flexibility index (Phi) is 5.79.